The van der Waals surface area contributed by atoms with E-state index in [1.54, 1.807) is 0 Å². The van der Waals surface area contributed by atoms with E-state index < -0.39 is 16.1 Å². The van der Waals surface area contributed by atoms with Gasteiger partial charge in [0.25, 0.3) is 0 Å². The van der Waals surface area contributed by atoms with Crippen molar-refractivity contribution in [2.45, 2.75) is 31.9 Å². The summed E-state index contributed by atoms with van der Waals surface area (Å²) in [6.45, 7) is 2.60. The first kappa shape index (κ1) is 13.9. The second-order valence-corrected chi connectivity index (χ2v) is 6.67. The third-order valence-electron chi connectivity index (χ3n) is 3.04. The summed E-state index contributed by atoms with van der Waals surface area (Å²) in [5, 5.41) is 9.77. The van der Waals surface area contributed by atoms with E-state index in [0.29, 0.717) is 13.0 Å². The van der Waals surface area contributed by atoms with Gasteiger partial charge >= 0.3 is 0 Å². The third-order valence-corrected chi connectivity index (χ3v) is 4.93. The fourth-order valence-electron chi connectivity index (χ4n) is 1.93. The van der Waals surface area contributed by atoms with E-state index in [9.17, 15) is 13.5 Å². The molecule has 0 aromatic heterocycles. The molecule has 16 heavy (non-hydrogen) atoms. The van der Waals surface area contributed by atoms with Crippen LogP contribution >= 0.6 is 0 Å². The Labute approximate surface area is 98.1 Å². The summed E-state index contributed by atoms with van der Waals surface area (Å²) in [6, 6.07) is -0.0867. The maximum atomic E-state index is 11.9. The van der Waals surface area contributed by atoms with Crippen LogP contribution in [0.2, 0.25) is 0 Å². The zero-order chi connectivity index (χ0) is 12.3. The molecule has 96 valence electrons. The average Bonchev–Trinajstić information content (AvgIpc) is 2.58. The predicted octanol–water partition coefficient (Wildman–Crippen LogP) is -0.277. The number of sulfonamides is 1. The van der Waals surface area contributed by atoms with Crippen LogP contribution in [-0.4, -0.2) is 67.8 Å². The molecule has 0 aliphatic carbocycles. The molecule has 0 radical (unpaired) electrons. The molecule has 1 heterocycles. The monoisotopic (exact) mass is 250 g/mol. The molecule has 5 nitrogen and oxygen atoms in total. The molecule has 1 saturated heterocycles. The number of aliphatic hydroxyl groups excluding tert-OH is 1. The molecule has 0 amide bonds. The SMILES string of the molecule is CCCCS(=O)(=O)N1C[C@H](O)[C@@H](N(C)C)C1. The van der Waals surface area contributed by atoms with E-state index in [0.717, 1.165) is 6.42 Å². The van der Waals surface area contributed by atoms with Crippen LogP contribution < -0.4 is 0 Å². The van der Waals surface area contributed by atoms with E-state index in [1.807, 2.05) is 25.9 Å². The lowest BCUT2D eigenvalue weighted by molar-refractivity contribution is 0.113. The lowest BCUT2D eigenvalue weighted by atomic mass is 10.2. The molecular weight excluding hydrogens is 228 g/mol. The van der Waals surface area contributed by atoms with Crippen molar-refractivity contribution in [1.82, 2.24) is 9.21 Å². The van der Waals surface area contributed by atoms with E-state index in [2.05, 4.69) is 0 Å². The zero-order valence-electron chi connectivity index (χ0n) is 10.3. The molecule has 0 unspecified atom stereocenters. The molecule has 0 bridgehead atoms. The fourth-order valence-corrected chi connectivity index (χ4v) is 3.60. The highest BCUT2D eigenvalue weighted by molar-refractivity contribution is 7.89. The van der Waals surface area contributed by atoms with Crippen molar-refractivity contribution < 1.29 is 13.5 Å². The third kappa shape index (κ3) is 3.16. The Morgan fingerprint density at radius 3 is 2.44 bits per heavy atom. The van der Waals surface area contributed by atoms with Gasteiger partial charge < -0.3 is 10.0 Å². The Morgan fingerprint density at radius 1 is 1.38 bits per heavy atom. The van der Waals surface area contributed by atoms with Crippen LogP contribution in [0.5, 0.6) is 0 Å². The topological polar surface area (TPSA) is 60.9 Å². The zero-order valence-corrected chi connectivity index (χ0v) is 11.1. The van der Waals surface area contributed by atoms with Gasteiger partial charge in [0, 0.05) is 13.1 Å². The van der Waals surface area contributed by atoms with E-state index >= 15 is 0 Å². The second kappa shape index (κ2) is 5.44. The highest BCUT2D eigenvalue weighted by atomic mass is 32.2. The molecule has 0 saturated carbocycles. The van der Waals surface area contributed by atoms with Crippen LogP contribution in [0.25, 0.3) is 0 Å². The number of aliphatic hydroxyl groups is 1. The quantitative estimate of drug-likeness (QED) is 0.729. The first-order valence-electron chi connectivity index (χ1n) is 5.70. The van der Waals surface area contributed by atoms with Gasteiger partial charge in [-0.05, 0) is 20.5 Å². The van der Waals surface area contributed by atoms with E-state index in [1.165, 1.54) is 4.31 Å². The van der Waals surface area contributed by atoms with E-state index in [4.69, 9.17) is 0 Å². The Balaban J connectivity index is 2.64. The van der Waals surface area contributed by atoms with Gasteiger partial charge in [-0.25, -0.2) is 8.42 Å². The highest BCUT2D eigenvalue weighted by Crippen LogP contribution is 2.18. The first-order chi connectivity index (χ1) is 7.38. The molecule has 2 atom stereocenters. The lowest BCUT2D eigenvalue weighted by Gasteiger charge is -2.21. The van der Waals surface area contributed by atoms with Crippen molar-refractivity contribution >= 4 is 10.0 Å². The number of β-amino-alcohol motifs (C(OH)–C–C–N with tert-alkyl or cyclic N) is 1. The maximum absolute atomic E-state index is 11.9. The van der Waals surface area contributed by atoms with Gasteiger partial charge in [-0.1, -0.05) is 13.3 Å². The van der Waals surface area contributed by atoms with Gasteiger partial charge in [-0.2, -0.15) is 4.31 Å². The maximum Gasteiger partial charge on any atom is 0.214 e. The van der Waals surface area contributed by atoms with Crippen molar-refractivity contribution in [3.05, 3.63) is 0 Å². The highest BCUT2D eigenvalue weighted by Gasteiger charge is 2.38. The minimum Gasteiger partial charge on any atom is -0.390 e. The fraction of sp³-hybridized carbons (Fsp3) is 1.00. The van der Waals surface area contributed by atoms with Gasteiger partial charge in [0.1, 0.15) is 0 Å². The summed E-state index contributed by atoms with van der Waals surface area (Å²) in [5.41, 5.74) is 0. The standard InChI is InChI=1S/C10H22N2O3S/c1-4-5-6-16(14,15)12-7-9(11(2)3)10(13)8-12/h9-10,13H,4-8H2,1-3H3/t9-,10-/m0/s1. The Hall–Kier alpha value is -0.170. The van der Waals surface area contributed by atoms with Crippen molar-refractivity contribution in [1.29, 1.82) is 0 Å². The normalized spacial score (nSPS) is 27.8. The molecule has 0 aromatic carbocycles. The van der Waals surface area contributed by atoms with Crippen LogP contribution in [-0.2, 0) is 10.0 Å². The summed E-state index contributed by atoms with van der Waals surface area (Å²) in [7, 11) is 0.540. The van der Waals surface area contributed by atoms with Crippen LogP contribution in [0.3, 0.4) is 0 Å². The smallest absolute Gasteiger partial charge is 0.214 e. The minimum atomic E-state index is -3.17. The van der Waals surface area contributed by atoms with Crippen LogP contribution in [0.4, 0.5) is 0 Å². The first-order valence-corrected chi connectivity index (χ1v) is 7.31. The molecule has 6 heteroatoms. The molecule has 1 rings (SSSR count). The molecule has 0 aromatic rings. The molecule has 1 N–H and O–H groups in total. The summed E-state index contributed by atoms with van der Waals surface area (Å²) >= 11 is 0. The Morgan fingerprint density at radius 2 is 2.00 bits per heavy atom. The van der Waals surface area contributed by atoms with Crippen LogP contribution in [0.1, 0.15) is 19.8 Å². The van der Waals surface area contributed by atoms with Gasteiger partial charge in [0.2, 0.25) is 10.0 Å². The van der Waals surface area contributed by atoms with Crippen molar-refractivity contribution in [3.8, 4) is 0 Å². The van der Waals surface area contributed by atoms with Gasteiger partial charge in [-0.3, -0.25) is 0 Å². The van der Waals surface area contributed by atoms with E-state index in [-0.39, 0.29) is 18.3 Å². The number of likely N-dealkylation sites (N-methyl/N-ethyl adjacent to an activating group) is 1. The van der Waals surface area contributed by atoms with Gasteiger partial charge in [0.05, 0.1) is 17.9 Å². The largest absolute Gasteiger partial charge is 0.390 e. The predicted molar refractivity (Wildman–Crippen MR) is 63.7 cm³/mol. The molecule has 0 spiro atoms. The van der Waals surface area contributed by atoms with Crippen LogP contribution in [0.15, 0.2) is 0 Å². The minimum absolute atomic E-state index is 0.0867. The van der Waals surface area contributed by atoms with Crippen molar-refractivity contribution in [2.75, 3.05) is 32.9 Å². The summed E-state index contributed by atoms with van der Waals surface area (Å²) in [6.07, 6.45) is 0.972. The van der Waals surface area contributed by atoms with Crippen molar-refractivity contribution in [3.63, 3.8) is 0 Å². The molecule has 1 fully saturated rings. The second-order valence-electron chi connectivity index (χ2n) is 4.58. The molecule has 1 aliphatic heterocycles. The Kier molecular flexibility index (Phi) is 4.73. The number of hydrogen-bond donors (Lipinski definition) is 1. The molecular formula is C10H22N2O3S. The van der Waals surface area contributed by atoms with Crippen molar-refractivity contribution in [2.24, 2.45) is 0 Å². The number of nitrogens with zero attached hydrogens (tertiary/aromatic N) is 2. The lowest BCUT2D eigenvalue weighted by Crippen LogP contribution is -2.38. The van der Waals surface area contributed by atoms with Gasteiger partial charge in [0.15, 0.2) is 0 Å². The van der Waals surface area contributed by atoms with Crippen LogP contribution in [0, 0.1) is 0 Å². The summed E-state index contributed by atoms with van der Waals surface area (Å²) < 4.78 is 25.2. The summed E-state index contributed by atoms with van der Waals surface area (Å²) in [4.78, 5) is 1.88. The molecule has 1 aliphatic rings. The number of unbranched alkanes of at least 4 members (excludes halogenated alkanes) is 1. The number of rotatable bonds is 5. The number of hydrogen-bond acceptors (Lipinski definition) is 4. The average molecular weight is 250 g/mol. The Bertz CT molecular complexity index is 316. The van der Waals surface area contributed by atoms with Gasteiger partial charge in [-0.15, -0.1) is 0 Å². The summed E-state index contributed by atoms with van der Waals surface area (Å²) in [5.74, 6) is 0.191.